The van der Waals surface area contributed by atoms with Crippen LogP contribution in [0.2, 0.25) is 0 Å². The maximum absolute atomic E-state index is 12.2. The van der Waals surface area contributed by atoms with Gasteiger partial charge in [0.1, 0.15) is 17.2 Å². The molecule has 3 rings (SSSR count). The summed E-state index contributed by atoms with van der Waals surface area (Å²) in [4.78, 5) is 12.2. The number of halogens is 4. The first-order valence-electron chi connectivity index (χ1n) is 6.12. The SMILES string of the molecule is O=C1Oc2cc(Br)c(O)c(Br)c2/C1=C/c1cc(Br)c(O)c(Br)c1. The van der Waals surface area contributed by atoms with Crippen molar-refractivity contribution in [2.75, 3.05) is 0 Å². The van der Waals surface area contributed by atoms with E-state index >= 15 is 0 Å². The molecule has 1 aliphatic heterocycles. The first kappa shape index (κ1) is 17.0. The van der Waals surface area contributed by atoms with Crippen LogP contribution in [-0.2, 0) is 4.79 Å². The molecule has 0 aromatic heterocycles. The van der Waals surface area contributed by atoms with Crippen LogP contribution in [0, 0.1) is 0 Å². The lowest BCUT2D eigenvalue weighted by Crippen LogP contribution is -2.00. The first-order valence-corrected chi connectivity index (χ1v) is 9.30. The van der Waals surface area contributed by atoms with Gasteiger partial charge < -0.3 is 14.9 Å². The fraction of sp³-hybridized carbons (Fsp3) is 0. The summed E-state index contributed by atoms with van der Waals surface area (Å²) >= 11 is 13.0. The summed E-state index contributed by atoms with van der Waals surface area (Å²) in [6.45, 7) is 0. The van der Waals surface area contributed by atoms with Gasteiger partial charge in [0.15, 0.2) is 0 Å². The van der Waals surface area contributed by atoms with Crippen molar-refractivity contribution in [2.24, 2.45) is 0 Å². The Kier molecular flexibility index (Phi) is 4.61. The molecule has 0 fully saturated rings. The second kappa shape index (κ2) is 6.23. The number of phenols is 2. The van der Waals surface area contributed by atoms with Gasteiger partial charge in [0.2, 0.25) is 0 Å². The molecular weight excluding hydrogens is 564 g/mol. The smallest absolute Gasteiger partial charge is 0.344 e. The molecule has 0 saturated heterocycles. The number of esters is 1. The largest absolute Gasteiger partial charge is 0.506 e. The number of ether oxygens (including phenoxy) is 1. The molecule has 0 bridgehead atoms. The van der Waals surface area contributed by atoms with E-state index in [0.717, 1.165) is 0 Å². The minimum atomic E-state index is -0.515. The molecule has 4 nitrogen and oxygen atoms in total. The third-order valence-electron chi connectivity index (χ3n) is 3.20. The van der Waals surface area contributed by atoms with Crippen LogP contribution in [0.5, 0.6) is 17.2 Å². The molecule has 2 N–H and O–H groups in total. The Morgan fingerprint density at radius 2 is 1.48 bits per heavy atom. The van der Waals surface area contributed by atoms with E-state index < -0.39 is 5.97 Å². The second-order valence-electron chi connectivity index (χ2n) is 4.67. The maximum atomic E-state index is 12.2. The van der Waals surface area contributed by atoms with Gasteiger partial charge in [-0.3, -0.25) is 0 Å². The molecule has 0 spiro atoms. The molecule has 0 unspecified atom stereocenters. The minimum Gasteiger partial charge on any atom is -0.506 e. The van der Waals surface area contributed by atoms with Gasteiger partial charge in [-0.25, -0.2) is 4.79 Å². The minimum absolute atomic E-state index is 0.0129. The Labute approximate surface area is 164 Å². The number of rotatable bonds is 1. The fourth-order valence-corrected chi connectivity index (χ4v) is 4.66. The number of hydrogen-bond donors (Lipinski definition) is 2. The van der Waals surface area contributed by atoms with Crippen LogP contribution >= 0.6 is 63.7 Å². The first-order chi connectivity index (χ1) is 10.8. The van der Waals surface area contributed by atoms with Gasteiger partial charge in [0.05, 0.1) is 23.5 Å². The van der Waals surface area contributed by atoms with Crippen molar-refractivity contribution >= 4 is 81.3 Å². The Morgan fingerprint density at radius 1 is 0.913 bits per heavy atom. The van der Waals surface area contributed by atoms with Crippen molar-refractivity contribution in [2.45, 2.75) is 0 Å². The lowest BCUT2D eigenvalue weighted by atomic mass is 10.0. The number of benzene rings is 2. The lowest BCUT2D eigenvalue weighted by molar-refractivity contribution is -0.126. The van der Waals surface area contributed by atoms with Crippen molar-refractivity contribution in [3.63, 3.8) is 0 Å². The van der Waals surface area contributed by atoms with Gasteiger partial charge in [-0.1, -0.05) is 0 Å². The predicted octanol–water partition coefficient (Wildman–Crippen LogP) is 5.61. The van der Waals surface area contributed by atoms with Crippen LogP contribution in [0.4, 0.5) is 0 Å². The summed E-state index contributed by atoms with van der Waals surface area (Å²) < 4.78 is 7.01. The van der Waals surface area contributed by atoms with Gasteiger partial charge in [-0.05, 0) is 93.6 Å². The zero-order chi connectivity index (χ0) is 16.9. The van der Waals surface area contributed by atoms with Crippen LogP contribution in [0.3, 0.4) is 0 Å². The van der Waals surface area contributed by atoms with E-state index in [1.807, 2.05) is 0 Å². The molecule has 0 radical (unpaired) electrons. The molecule has 1 heterocycles. The molecule has 0 saturated carbocycles. The molecule has 118 valence electrons. The Hall–Kier alpha value is -0.830. The van der Waals surface area contributed by atoms with Gasteiger partial charge in [-0.2, -0.15) is 0 Å². The van der Waals surface area contributed by atoms with E-state index in [9.17, 15) is 15.0 Å². The van der Waals surface area contributed by atoms with Crippen molar-refractivity contribution in [3.8, 4) is 17.2 Å². The summed E-state index contributed by atoms with van der Waals surface area (Å²) in [6.07, 6.45) is 1.63. The molecule has 8 heteroatoms. The number of phenolic OH excluding ortho intramolecular Hbond substituents is 2. The number of aromatic hydroxyl groups is 2. The van der Waals surface area contributed by atoms with Crippen LogP contribution in [-0.4, -0.2) is 16.2 Å². The molecule has 0 amide bonds. The van der Waals surface area contributed by atoms with Crippen molar-refractivity contribution in [1.82, 2.24) is 0 Å². The zero-order valence-electron chi connectivity index (χ0n) is 11.0. The monoisotopic (exact) mass is 566 g/mol. The Bertz CT molecular complexity index is 867. The molecule has 0 aliphatic carbocycles. The van der Waals surface area contributed by atoms with E-state index in [0.29, 0.717) is 40.3 Å². The van der Waals surface area contributed by atoms with E-state index in [2.05, 4.69) is 63.7 Å². The maximum Gasteiger partial charge on any atom is 0.344 e. The van der Waals surface area contributed by atoms with Crippen LogP contribution in [0.25, 0.3) is 11.6 Å². The molecule has 1 aliphatic rings. The summed E-state index contributed by atoms with van der Waals surface area (Å²) in [7, 11) is 0. The summed E-state index contributed by atoms with van der Waals surface area (Å²) in [6, 6.07) is 4.88. The third-order valence-corrected chi connectivity index (χ3v) is 5.79. The van der Waals surface area contributed by atoms with E-state index in [1.165, 1.54) is 6.07 Å². The summed E-state index contributed by atoms with van der Waals surface area (Å²) in [5, 5.41) is 19.8. The highest BCUT2D eigenvalue weighted by Crippen LogP contribution is 2.48. The molecule has 2 aromatic rings. The Balaban J connectivity index is 2.20. The highest BCUT2D eigenvalue weighted by molar-refractivity contribution is 9.11. The molecule has 23 heavy (non-hydrogen) atoms. The van der Waals surface area contributed by atoms with Gasteiger partial charge in [-0.15, -0.1) is 0 Å². The van der Waals surface area contributed by atoms with E-state index in [1.54, 1.807) is 18.2 Å². The second-order valence-corrected chi connectivity index (χ2v) is 8.03. The summed E-state index contributed by atoms with van der Waals surface area (Å²) in [5.74, 6) is -0.0986. The van der Waals surface area contributed by atoms with Gasteiger partial charge in [0, 0.05) is 5.56 Å². The van der Waals surface area contributed by atoms with Crippen molar-refractivity contribution < 1.29 is 19.7 Å². The highest BCUT2D eigenvalue weighted by Gasteiger charge is 2.31. The van der Waals surface area contributed by atoms with E-state index in [-0.39, 0.29) is 11.5 Å². The van der Waals surface area contributed by atoms with Crippen molar-refractivity contribution in [3.05, 3.63) is 47.2 Å². The van der Waals surface area contributed by atoms with Gasteiger partial charge in [0.25, 0.3) is 0 Å². The van der Waals surface area contributed by atoms with Gasteiger partial charge >= 0.3 is 5.97 Å². The van der Waals surface area contributed by atoms with Crippen LogP contribution < -0.4 is 4.74 Å². The van der Waals surface area contributed by atoms with E-state index in [4.69, 9.17) is 4.74 Å². The third kappa shape index (κ3) is 2.97. The number of hydrogen-bond acceptors (Lipinski definition) is 4. The standard InChI is InChI=1S/C15H6Br4O4/c16-7-2-5(3-8(17)13(7)20)1-6-11-10(23-15(6)22)4-9(18)14(21)12(11)19/h1-4,20-21H/b6-1-. The van der Waals surface area contributed by atoms with Crippen molar-refractivity contribution in [1.29, 1.82) is 0 Å². The average Bonchev–Trinajstić information content (AvgIpc) is 2.78. The zero-order valence-corrected chi connectivity index (χ0v) is 17.4. The molecular formula is C15H6Br4O4. The highest BCUT2D eigenvalue weighted by atomic mass is 79.9. The van der Waals surface area contributed by atoms with Crippen LogP contribution in [0.1, 0.15) is 11.1 Å². The average molecular weight is 570 g/mol. The molecule has 2 aromatic carbocycles. The number of fused-ring (bicyclic) bond motifs is 1. The Morgan fingerprint density at radius 3 is 2.09 bits per heavy atom. The topological polar surface area (TPSA) is 66.8 Å². The normalized spacial score (nSPS) is 15.0. The quantitative estimate of drug-likeness (QED) is 0.266. The predicted molar refractivity (Wildman–Crippen MR) is 101 cm³/mol. The number of carbonyl (C=O) groups excluding carboxylic acids is 1. The lowest BCUT2D eigenvalue weighted by Gasteiger charge is -2.06. The molecule has 0 atom stereocenters. The fourth-order valence-electron chi connectivity index (χ4n) is 2.14. The van der Waals surface area contributed by atoms with Crippen LogP contribution in [0.15, 0.2) is 36.1 Å². The number of carbonyl (C=O) groups is 1. The summed E-state index contributed by atoms with van der Waals surface area (Å²) in [5.41, 5.74) is 1.46.